The molecule has 136 valence electrons. The lowest BCUT2D eigenvalue weighted by molar-refractivity contribution is 0.0520. The molecule has 6 nitrogen and oxygen atoms in total. The summed E-state index contributed by atoms with van der Waals surface area (Å²) in [6.45, 7) is 8.09. The number of amides is 1. The van der Waals surface area contributed by atoms with Gasteiger partial charge in [-0.2, -0.15) is 0 Å². The van der Waals surface area contributed by atoms with E-state index in [-0.39, 0.29) is 0 Å². The maximum Gasteiger partial charge on any atom is 0.407 e. The Kier molecular flexibility index (Phi) is 4.93. The summed E-state index contributed by atoms with van der Waals surface area (Å²) in [5.41, 5.74) is 2.01. The van der Waals surface area contributed by atoms with Crippen molar-refractivity contribution < 1.29 is 14.3 Å². The number of hydrogen-bond acceptors (Lipinski definition) is 5. The Morgan fingerprint density at radius 3 is 2.77 bits per heavy atom. The van der Waals surface area contributed by atoms with Crippen molar-refractivity contribution in [3.63, 3.8) is 0 Å². The van der Waals surface area contributed by atoms with Crippen molar-refractivity contribution >= 4 is 27.9 Å². The predicted octanol–water partition coefficient (Wildman–Crippen LogP) is 3.99. The second-order valence-corrected chi connectivity index (χ2v) is 7.08. The van der Waals surface area contributed by atoms with Crippen LogP contribution in [0, 0.1) is 6.92 Å². The molecule has 1 N–H and O–H groups in total. The van der Waals surface area contributed by atoms with Crippen molar-refractivity contribution in [2.75, 3.05) is 13.2 Å². The summed E-state index contributed by atoms with van der Waals surface area (Å²) in [5.74, 6) is 0.728. The highest BCUT2D eigenvalue weighted by Gasteiger charge is 2.15. The Hall–Kier alpha value is -2.89. The molecule has 0 unspecified atom stereocenters. The molecule has 0 bridgehead atoms. The van der Waals surface area contributed by atoms with Gasteiger partial charge in [0.15, 0.2) is 0 Å². The van der Waals surface area contributed by atoms with E-state index in [1.54, 1.807) is 6.20 Å². The lowest BCUT2D eigenvalue weighted by Crippen LogP contribution is -2.34. The van der Waals surface area contributed by atoms with E-state index in [1.165, 1.54) is 0 Å². The van der Waals surface area contributed by atoms with E-state index >= 15 is 0 Å². The molecule has 26 heavy (non-hydrogen) atoms. The SMILES string of the molecule is Cc1cc(OCCNC(=O)OC(C)(C)C)c2ccc3cccnc3c2n1. The van der Waals surface area contributed by atoms with Crippen LogP contribution in [0.4, 0.5) is 4.79 Å². The maximum absolute atomic E-state index is 11.7. The van der Waals surface area contributed by atoms with Gasteiger partial charge in [0, 0.05) is 28.7 Å². The van der Waals surface area contributed by atoms with Crippen molar-refractivity contribution in [3.05, 3.63) is 42.2 Å². The van der Waals surface area contributed by atoms with E-state index in [2.05, 4.69) is 15.3 Å². The number of hydrogen-bond donors (Lipinski definition) is 1. The van der Waals surface area contributed by atoms with Gasteiger partial charge in [-0.25, -0.2) is 4.79 Å². The van der Waals surface area contributed by atoms with Gasteiger partial charge < -0.3 is 14.8 Å². The molecular weight excluding hydrogens is 330 g/mol. The molecule has 3 rings (SSSR count). The number of carbonyl (C=O) groups is 1. The molecule has 0 radical (unpaired) electrons. The quantitative estimate of drug-likeness (QED) is 0.567. The summed E-state index contributed by atoms with van der Waals surface area (Å²) in [6, 6.07) is 9.81. The third-order valence-corrected chi connectivity index (χ3v) is 3.67. The molecule has 0 saturated carbocycles. The van der Waals surface area contributed by atoms with Crippen LogP contribution in [0.2, 0.25) is 0 Å². The molecule has 0 fully saturated rings. The second kappa shape index (κ2) is 7.15. The van der Waals surface area contributed by atoms with Crippen LogP contribution in [0.3, 0.4) is 0 Å². The minimum atomic E-state index is -0.516. The summed E-state index contributed by atoms with van der Waals surface area (Å²) < 4.78 is 11.1. The lowest BCUT2D eigenvalue weighted by atomic mass is 10.1. The van der Waals surface area contributed by atoms with Crippen LogP contribution in [0.1, 0.15) is 26.5 Å². The number of fused-ring (bicyclic) bond motifs is 3. The molecule has 0 saturated heterocycles. The highest BCUT2D eigenvalue weighted by atomic mass is 16.6. The van der Waals surface area contributed by atoms with Gasteiger partial charge in [-0.15, -0.1) is 0 Å². The number of pyridine rings is 2. The van der Waals surface area contributed by atoms with E-state index in [4.69, 9.17) is 9.47 Å². The first-order chi connectivity index (χ1) is 12.3. The Morgan fingerprint density at radius 1 is 1.19 bits per heavy atom. The minimum Gasteiger partial charge on any atom is -0.491 e. The first-order valence-corrected chi connectivity index (χ1v) is 8.58. The lowest BCUT2D eigenvalue weighted by Gasteiger charge is -2.19. The van der Waals surface area contributed by atoms with Crippen LogP contribution >= 0.6 is 0 Å². The number of ether oxygens (including phenoxy) is 2. The number of nitrogens with zero attached hydrogens (tertiary/aromatic N) is 2. The smallest absolute Gasteiger partial charge is 0.407 e. The van der Waals surface area contributed by atoms with Crippen LogP contribution in [0.15, 0.2) is 36.5 Å². The Balaban J connectivity index is 1.74. The van der Waals surface area contributed by atoms with E-state index < -0.39 is 11.7 Å². The molecule has 1 amide bonds. The highest BCUT2D eigenvalue weighted by Crippen LogP contribution is 2.30. The van der Waals surface area contributed by atoms with Gasteiger partial charge in [-0.05, 0) is 39.8 Å². The van der Waals surface area contributed by atoms with E-state index in [1.807, 2.05) is 58.0 Å². The van der Waals surface area contributed by atoms with E-state index in [9.17, 15) is 4.79 Å². The number of benzene rings is 1. The molecule has 0 spiro atoms. The fourth-order valence-electron chi connectivity index (χ4n) is 2.67. The molecule has 0 atom stereocenters. The van der Waals surface area contributed by atoms with Crippen LogP contribution in [0.5, 0.6) is 5.75 Å². The van der Waals surface area contributed by atoms with Crippen molar-refractivity contribution in [2.45, 2.75) is 33.3 Å². The third-order valence-electron chi connectivity index (χ3n) is 3.67. The zero-order valence-electron chi connectivity index (χ0n) is 15.5. The summed E-state index contributed by atoms with van der Waals surface area (Å²) in [4.78, 5) is 20.8. The van der Waals surface area contributed by atoms with Crippen molar-refractivity contribution in [2.24, 2.45) is 0 Å². The van der Waals surface area contributed by atoms with Gasteiger partial charge in [-0.3, -0.25) is 9.97 Å². The largest absolute Gasteiger partial charge is 0.491 e. The highest BCUT2D eigenvalue weighted by molar-refractivity contribution is 6.04. The summed E-state index contributed by atoms with van der Waals surface area (Å²) in [7, 11) is 0. The van der Waals surface area contributed by atoms with Crippen LogP contribution in [-0.4, -0.2) is 34.8 Å². The van der Waals surface area contributed by atoms with Gasteiger partial charge in [0.05, 0.1) is 12.1 Å². The summed E-state index contributed by atoms with van der Waals surface area (Å²) in [5, 5.41) is 4.63. The molecule has 0 aliphatic rings. The molecule has 3 aromatic rings. The first kappa shape index (κ1) is 17.9. The Labute approximate surface area is 152 Å². The number of rotatable bonds is 4. The average Bonchev–Trinajstić information content (AvgIpc) is 2.56. The molecular formula is C20H23N3O3. The Morgan fingerprint density at radius 2 is 2.00 bits per heavy atom. The van der Waals surface area contributed by atoms with Crippen LogP contribution in [0.25, 0.3) is 21.8 Å². The zero-order valence-corrected chi connectivity index (χ0v) is 15.5. The fraction of sp³-hybridized carbons (Fsp3) is 0.350. The Bertz CT molecular complexity index is 948. The number of nitrogens with one attached hydrogen (secondary N) is 1. The van der Waals surface area contributed by atoms with Gasteiger partial charge >= 0.3 is 6.09 Å². The van der Waals surface area contributed by atoms with Crippen molar-refractivity contribution in [3.8, 4) is 5.75 Å². The first-order valence-electron chi connectivity index (χ1n) is 8.58. The van der Waals surface area contributed by atoms with Gasteiger partial charge in [-0.1, -0.05) is 12.1 Å². The molecule has 0 aliphatic carbocycles. The van der Waals surface area contributed by atoms with Crippen LogP contribution in [-0.2, 0) is 4.74 Å². The normalized spacial score (nSPS) is 11.5. The summed E-state index contributed by atoms with van der Waals surface area (Å²) in [6.07, 6.45) is 1.31. The molecule has 6 heteroatoms. The van der Waals surface area contributed by atoms with Gasteiger partial charge in [0.2, 0.25) is 0 Å². The van der Waals surface area contributed by atoms with Crippen molar-refractivity contribution in [1.82, 2.24) is 15.3 Å². The predicted molar refractivity (Wildman–Crippen MR) is 102 cm³/mol. The standard InChI is InChI=1S/C20H23N3O3/c1-13-12-16(25-11-10-22-19(24)26-20(2,3)4)15-8-7-14-6-5-9-21-17(14)18(15)23-13/h5-9,12H,10-11H2,1-4H3,(H,22,24). The number of alkyl carbamates (subject to hydrolysis) is 1. The van der Waals surface area contributed by atoms with Crippen LogP contribution < -0.4 is 10.1 Å². The van der Waals surface area contributed by atoms with Gasteiger partial charge in [0.1, 0.15) is 23.5 Å². The zero-order chi connectivity index (χ0) is 18.7. The molecule has 0 aliphatic heterocycles. The summed E-state index contributed by atoms with van der Waals surface area (Å²) >= 11 is 0. The second-order valence-electron chi connectivity index (χ2n) is 7.08. The maximum atomic E-state index is 11.7. The molecule has 2 aromatic heterocycles. The van der Waals surface area contributed by atoms with Crippen molar-refractivity contribution in [1.29, 1.82) is 0 Å². The average molecular weight is 353 g/mol. The number of aromatic nitrogens is 2. The van der Waals surface area contributed by atoms with Gasteiger partial charge in [0.25, 0.3) is 0 Å². The monoisotopic (exact) mass is 353 g/mol. The third kappa shape index (κ3) is 4.20. The van der Waals surface area contributed by atoms with E-state index in [0.717, 1.165) is 33.2 Å². The molecule has 2 heterocycles. The number of aryl methyl sites for hydroxylation is 1. The fourth-order valence-corrected chi connectivity index (χ4v) is 2.67. The minimum absolute atomic E-state index is 0.331. The molecule has 1 aromatic carbocycles. The number of carbonyl (C=O) groups excluding carboxylic acids is 1. The topological polar surface area (TPSA) is 73.3 Å². The van der Waals surface area contributed by atoms with E-state index in [0.29, 0.717) is 13.2 Å².